The Balaban J connectivity index is 1.56. The van der Waals surface area contributed by atoms with Crippen molar-refractivity contribution >= 4 is 23.0 Å². The first-order valence-corrected chi connectivity index (χ1v) is 12.6. The Hall–Kier alpha value is -4.30. The van der Waals surface area contributed by atoms with Gasteiger partial charge in [0.05, 0.1) is 26.4 Å². The van der Waals surface area contributed by atoms with E-state index in [1.54, 1.807) is 24.5 Å². The zero-order chi connectivity index (χ0) is 28.0. The summed E-state index contributed by atoms with van der Waals surface area (Å²) in [5.74, 6) is 0.153. The molecule has 0 atom stereocenters. The average molecular weight is 532 g/mol. The molecule has 0 bridgehead atoms. The molecule has 4 aromatic rings. The summed E-state index contributed by atoms with van der Waals surface area (Å²) in [4.78, 5) is 24.0. The highest BCUT2D eigenvalue weighted by molar-refractivity contribution is 5.93. The Kier molecular flexibility index (Phi) is 8.56. The Labute approximate surface area is 227 Å². The highest BCUT2D eigenvalue weighted by atomic mass is 16.6. The van der Waals surface area contributed by atoms with E-state index in [-0.39, 0.29) is 19.6 Å². The maximum Gasteiger partial charge on any atom is 0.407 e. The molecule has 3 aromatic carbocycles. The van der Waals surface area contributed by atoms with Crippen LogP contribution in [0.3, 0.4) is 0 Å². The molecule has 1 amide bonds. The maximum atomic E-state index is 12.1. The number of rotatable bonds is 9. The minimum Gasteiger partial charge on any atom is -0.489 e. The number of fused-ring (bicyclic) bond motifs is 1. The van der Waals surface area contributed by atoms with Gasteiger partial charge in [0.25, 0.3) is 0 Å². The number of aliphatic hydroxyl groups excluding tert-OH is 1. The zero-order valence-electron chi connectivity index (χ0n) is 22.6. The molecular formula is C31H33NO7. The molecule has 0 radical (unpaired) electrons. The van der Waals surface area contributed by atoms with E-state index < -0.39 is 17.7 Å². The Morgan fingerprint density at radius 3 is 2.54 bits per heavy atom. The second-order valence-corrected chi connectivity index (χ2v) is 10.2. The largest absolute Gasteiger partial charge is 0.489 e. The van der Waals surface area contributed by atoms with Gasteiger partial charge in [-0.3, -0.25) is 4.79 Å². The molecule has 8 heteroatoms. The minimum atomic E-state index is -0.569. The van der Waals surface area contributed by atoms with E-state index >= 15 is 0 Å². The van der Waals surface area contributed by atoms with Gasteiger partial charge < -0.3 is 29.1 Å². The Morgan fingerprint density at radius 1 is 0.974 bits per heavy atom. The molecule has 2 N–H and O–H groups in total. The summed E-state index contributed by atoms with van der Waals surface area (Å²) >= 11 is 0. The maximum absolute atomic E-state index is 12.1. The minimum absolute atomic E-state index is 0.0375. The second-order valence-electron chi connectivity index (χ2n) is 10.2. The number of carbonyl (C=O) groups is 2. The normalized spacial score (nSPS) is 11.3. The Morgan fingerprint density at radius 2 is 1.79 bits per heavy atom. The highest BCUT2D eigenvalue weighted by Crippen LogP contribution is 2.32. The first kappa shape index (κ1) is 27.7. The van der Waals surface area contributed by atoms with E-state index in [2.05, 4.69) is 5.32 Å². The first-order valence-electron chi connectivity index (χ1n) is 12.6. The summed E-state index contributed by atoms with van der Waals surface area (Å²) < 4.78 is 22.1. The van der Waals surface area contributed by atoms with E-state index in [0.29, 0.717) is 23.4 Å². The van der Waals surface area contributed by atoms with Gasteiger partial charge >= 0.3 is 12.1 Å². The van der Waals surface area contributed by atoms with Gasteiger partial charge in [0.1, 0.15) is 23.5 Å². The zero-order valence-corrected chi connectivity index (χ0v) is 22.6. The lowest BCUT2D eigenvalue weighted by atomic mass is 9.99. The predicted molar refractivity (Wildman–Crippen MR) is 147 cm³/mol. The number of carbonyl (C=O) groups excluding carboxylic acids is 2. The van der Waals surface area contributed by atoms with Crippen molar-refractivity contribution in [2.75, 3.05) is 7.11 Å². The number of ether oxygens (including phenoxy) is 3. The molecule has 0 aliphatic rings. The summed E-state index contributed by atoms with van der Waals surface area (Å²) in [6, 6.07) is 19.0. The lowest BCUT2D eigenvalue weighted by Gasteiger charge is -2.19. The van der Waals surface area contributed by atoms with Crippen LogP contribution in [0.1, 0.15) is 43.0 Å². The van der Waals surface area contributed by atoms with E-state index in [1.807, 2.05) is 63.2 Å². The van der Waals surface area contributed by atoms with Gasteiger partial charge in [-0.1, -0.05) is 24.3 Å². The third kappa shape index (κ3) is 7.39. The van der Waals surface area contributed by atoms with Crippen molar-refractivity contribution < 1.29 is 33.3 Å². The van der Waals surface area contributed by atoms with E-state index in [0.717, 1.165) is 33.2 Å². The lowest BCUT2D eigenvalue weighted by Crippen LogP contribution is -2.32. The number of nitrogens with one attached hydrogen (secondary N) is 1. The van der Waals surface area contributed by atoms with Crippen LogP contribution in [0.2, 0.25) is 0 Å². The number of furan rings is 1. The van der Waals surface area contributed by atoms with Crippen LogP contribution in [0.15, 0.2) is 71.3 Å². The van der Waals surface area contributed by atoms with Gasteiger partial charge in [0.2, 0.25) is 0 Å². The van der Waals surface area contributed by atoms with Crippen molar-refractivity contribution in [3.8, 4) is 16.9 Å². The second kappa shape index (κ2) is 12.0. The van der Waals surface area contributed by atoms with Crippen molar-refractivity contribution in [2.45, 2.75) is 52.6 Å². The molecule has 1 aromatic heterocycles. The number of alkyl carbamates (subject to hydrolysis) is 1. The SMILES string of the molecule is COC(=O)Cc1cc(CO)ccc1OCc1cc(-c2cccc(CNC(=O)OC(C)(C)C)c2)c2occc2c1. The van der Waals surface area contributed by atoms with Crippen molar-refractivity contribution in [1.82, 2.24) is 5.32 Å². The summed E-state index contributed by atoms with van der Waals surface area (Å²) in [6.45, 7) is 5.90. The predicted octanol–water partition coefficient (Wildman–Crippen LogP) is 5.91. The van der Waals surface area contributed by atoms with Gasteiger partial charge in [-0.25, -0.2) is 4.79 Å². The van der Waals surface area contributed by atoms with Gasteiger partial charge in [0.15, 0.2) is 0 Å². The summed E-state index contributed by atoms with van der Waals surface area (Å²) in [7, 11) is 1.34. The van der Waals surface area contributed by atoms with Crippen LogP contribution in [0, 0.1) is 0 Å². The fourth-order valence-corrected chi connectivity index (χ4v) is 4.18. The molecule has 0 fully saturated rings. The third-order valence-corrected chi connectivity index (χ3v) is 5.95. The molecule has 0 aliphatic carbocycles. The number of aliphatic hydroxyl groups is 1. The number of esters is 1. The number of benzene rings is 3. The fourth-order valence-electron chi connectivity index (χ4n) is 4.18. The van der Waals surface area contributed by atoms with Gasteiger partial charge in [-0.05, 0) is 79.4 Å². The fraction of sp³-hybridized carbons (Fsp3) is 0.290. The van der Waals surface area contributed by atoms with Crippen molar-refractivity contribution in [1.29, 1.82) is 0 Å². The number of hydrogen-bond acceptors (Lipinski definition) is 7. The molecule has 1 heterocycles. The van der Waals surface area contributed by atoms with E-state index in [1.165, 1.54) is 7.11 Å². The van der Waals surface area contributed by atoms with Crippen molar-refractivity contribution in [2.24, 2.45) is 0 Å². The number of amides is 1. The Bertz CT molecular complexity index is 1470. The van der Waals surface area contributed by atoms with Crippen LogP contribution in [-0.2, 0) is 40.4 Å². The molecule has 0 aliphatic heterocycles. The molecule has 0 spiro atoms. The first-order chi connectivity index (χ1) is 18.6. The number of hydrogen-bond donors (Lipinski definition) is 2. The molecule has 0 saturated heterocycles. The van der Waals surface area contributed by atoms with Crippen LogP contribution in [0.5, 0.6) is 5.75 Å². The van der Waals surface area contributed by atoms with Crippen molar-refractivity contribution in [3.63, 3.8) is 0 Å². The van der Waals surface area contributed by atoms with Gasteiger partial charge in [0, 0.05) is 23.1 Å². The van der Waals surface area contributed by atoms with Crippen LogP contribution >= 0.6 is 0 Å². The molecule has 4 rings (SSSR count). The van der Waals surface area contributed by atoms with Crippen LogP contribution in [0.4, 0.5) is 4.79 Å². The van der Waals surface area contributed by atoms with Gasteiger partial charge in [-0.15, -0.1) is 0 Å². The number of methoxy groups -OCH3 is 1. The molecule has 0 unspecified atom stereocenters. The third-order valence-electron chi connectivity index (χ3n) is 5.95. The van der Waals surface area contributed by atoms with Crippen LogP contribution in [0.25, 0.3) is 22.1 Å². The standard InChI is InChI=1S/C31H33NO7/c1-31(2,3)39-30(35)32-17-20-6-5-7-23(12-20)26-15-22(14-24-10-11-37-29(24)26)19-38-27-9-8-21(18-33)13-25(27)16-28(34)36-4/h5-15,33H,16-19H2,1-4H3,(H,32,35). The highest BCUT2D eigenvalue weighted by Gasteiger charge is 2.17. The summed E-state index contributed by atoms with van der Waals surface area (Å²) in [5, 5.41) is 13.2. The topological polar surface area (TPSA) is 107 Å². The molecular weight excluding hydrogens is 498 g/mol. The molecule has 0 saturated carbocycles. The summed E-state index contributed by atoms with van der Waals surface area (Å²) in [6.07, 6.45) is 1.21. The quantitative estimate of drug-likeness (QED) is 0.259. The molecule has 8 nitrogen and oxygen atoms in total. The monoisotopic (exact) mass is 531 g/mol. The average Bonchev–Trinajstić information content (AvgIpc) is 3.38. The molecule has 39 heavy (non-hydrogen) atoms. The lowest BCUT2D eigenvalue weighted by molar-refractivity contribution is -0.139. The van der Waals surface area contributed by atoms with E-state index in [9.17, 15) is 14.7 Å². The van der Waals surface area contributed by atoms with E-state index in [4.69, 9.17) is 18.6 Å². The smallest absolute Gasteiger partial charge is 0.407 e. The van der Waals surface area contributed by atoms with Crippen molar-refractivity contribution in [3.05, 3.63) is 89.2 Å². The molecule has 204 valence electrons. The van der Waals surface area contributed by atoms with Crippen LogP contribution in [-0.4, -0.2) is 29.9 Å². The summed E-state index contributed by atoms with van der Waals surface area (Å²) in [5.41, 5.74) is 5.14. The van der Waals surface area contributed by atoms with Gasteiger partial charge in [-0.2, -0.15) is 0 Å². The van der Waals surface area contributed by atoms with Crippen LogP contribution < -0.4 is 10.1 Å².